The molecule has 3 aromatic rings. The van der Waals surface area contributed by atoms with E-state index >= 15 is 0 Å². The van der Waals surface area contributed by atoms with E-state index in [1.807, 2.05) is 42.2 Å². The fourth-order valence-electron chi connectivity index (χ4n) is 3.46. The van der Waals surface area contributed by atoms with Crippen LogP contribution in [0.25, 0.3) is 11.3 Å². The van der Waals surface area contributed by atoms with Gasteiger partial charge in [-0.15, -0.1) is 0 Å². The molecule has 26 heavy (non-hydrogen) atoms. The molecule has 1 fully saturated rings. The lowest BCUT2D eigenvalue weighted by molar-refractivity contribution is 0.0718. The van der Waals surface area contributed by atoms with Gasteiger partial charge >= 0.3 is 0 Å². The van der Waals surface area contributed by atoms with Crippen LogP contribution in [0.1, 0.15) is 48.3 Å². The van der Waals surface area contributed by atoms with Crippen molar-refractivity contribution in [1.82, 2.24) is 24.4 Å². The Labute approximate surface area is 151 Å². The summed E-state index contributed by atoms with van der Waals surface area (Å²) in [5, 5.41) is 10.3. The number of hydrogen-bond acceptors (Lipinski definition) is 5. The van der Waals surface area contributed by atoms with Crippen molar-refractivity contribution in [1.29, 1.82) is 0 Å². The number of piperidine rings is 1. The van der Waals surface area contributed by atoms with E-state index in [4.69, 9.17) is 0 Å². The van der Waals surface area contributed by atoms with Crippen molar-refractivity contribution < 1.29 is 9.90 Å². The Kier molecular flexibility index (Phi) is 4.28. The Morgan fingerprint density at radius 2 is 1.85 bits per heavy atom. The number of imidazole rings is 1. The highest BCUT2D eigenvalue weighted by Gasteiger charge is 2.23. The smallest absolute Gasteiger partial charge is 0.298 e. The maximum Gasteiger partial charge on any atom is 0.298 e. The van der Waals surface area contributed by atoms with Crippen molar-refractivity contribution in [2.75, 3.05) is 13.1 Å². The molecule has 0 aliphatic carbocycles. The highest BCUT2D eigenvalue weighted by molar-refractivity contribution is 5.93. The normalized spacial score (nSPS) is 16.0. The monoisotopic (exact) mass is 351 g/mol. The highest BCUT2D eigenvalue weighted by atomic mass is 16.3. The minimum atomic E-state index is -0.184. The molecule has 1 saturated heterocycles. The van der Waals surface area contributed by atoms with Crippen LogP contribution in [0.15, 0.2) is 36.5 Å². The fraction of sp³-hybridized carbons (Fsp3) is 0.368. The van der Waals surface area contributed by atoms with E-state index in [1.165, 1.54) is 6.20 Å². The van der Waals surface area contributed by atoms with Crippen LogP contribution < -0.4 is 0 Å². The summed E-state index contributed by atoms with van der Waals surface area (Å²) in [5.41, 5.74) is 2.06. The minimum Gasteiger partial charge on any atom is -0.480 e. The quantitative estimate of drug-likeness (QED) is 0.784. The lowest BCUT2D eigenvalue weighted by Crippen LogP contribution is -2.36. The first kappa shape index (κ1) is 16.5. The first-order valence-electron chi connectivity index (χ1n) is 8.93. The van der Waals surface area contributed by atoms with Crippen molar-refractivity contribution in [2.24, 2.45) is 0 Å². The second-order valence-corrected chi connectivity index (χ2v) is 6.62. The molecule has 1 aliphatic rings. The van der Waals surface area contributed by atoms with Crippen LogP contribution in [0.3, 0.4) is 0 Å². The predicted molar refractivity (Wildman–Crippen MR) is 97.0 cm³/mol. The Balaban J connectivity index is 1.74. The molecule has 4 rings (SSSR count). The molecule has 1 atom stereocenters. The summed E-state index contributed by atoms with van der Waals surface area (Å²) in [5.74, 6) is -0.112. The van der Waals surface area contributed by atoms with E-state index in [0.29, 0.717) is 17.0 Å². The summed E-state index contributed by atoms with van der Waals surface area (Å²) in [6, 6.07) is 9.45. The van der Waals surface area contributed by atoms with Crippen LogP contribution in [-0.4, -0.2) is 48.5 Å². The number of fused-ring (bicyclic) bond motifs is 1. The molecule has 1 aromatic carbocycles. The molecular formula is C19H21N5O2. The van der Waals surface area contributed by atoms with Gasteiger partial charge in [-0.05, 0) is 31.7 Å². The zero-order chi connectivity index (χ0) is 18.1. The zero-order valence-electron chi connectivity index (χ0n) is 14.7. The largest absolute Gasteiger partial charge is 0.480 e. The molecule has 1 aliphatic heterocycles. The predicted octanol–water partition coefficient (Wildman–Crippen LogP) is 2.77. The van der Waals surface area contributed by atoms with Gasteiger partial charge in [-0.1, -0.05) is 30.3 Å². The van der Waals surface area contributed by atoms with Crippen molar-refractivity contribution in [3.05, 3.63) is 47.8 Å². The molecule has 0 saturated carbocycles. The summed E-state index contributed by atoms with van der Waals surface area (Å²) in [7, 11) is 0. The van der Waals surface area contributed by atoms with Crippen LogP contribution in [0.2, 0.25) is 0 Å². The molecule has 1 N–H and O–H groups in total. The van der Waals surface area contributed by atoms with Crippen molar-refractivity contribution >= 4 is 17.2 Å². The molecule has 2 aromatic heterocycles. The van der Waals surface area contributed by atoms with Crippen LogP contribution >= 0.6 is 0 Å². The number of amides is 1. The van der Waals surface area contributed by atoms with E-state index in [0.717, 1.165) is 37.9 Å². The third kappa shape index (κ3) is 2.89. The van der Waals surface area contributed by atoms with Crippen LogP contribution in [0.4, 0.5) is 0 Å². The minimum absolute atomic E-state index is 0.112. The molecule has 3 heterocycles. The molecule has 0 spiro atoms. The fourth-order valence-corrected chi connectivity index (χ4v) is 3.46. The molecule has 0 unspecified atom stereocenters. The average molecular weight is 351 g/mol. The topological polar surface area (TPSA) is 84.1 Å². The SMILES string of the molecule is C[C@@H](c1ccccc1)n1c(O)nc2ncc(C(=O)N3CCCCC3)nc21. The number of carbonyl (C=O) groups excluding carboxylic acids is 1. The lowest BCUT2D eigenvalue weighted by atomic mass is 10.1. The van der Waals surface area contributed by atoms with E-state index in [9.17, 15) is 9.90 Å². The molecule has 134 valence electrons. The Morgan fingerprint density at radius 1 is 1.12 bits per heavy atom. The number of aromatic hydroxyl groups is 1. The summed E-state index contributed by atoms with van der Waals surface area (Å²) in [6.07, 6.45) is 4.64. The number of nitrogens with zero attached hydrogens (tertiary/aromatic N) is 5. The molecule has 0 radical (unpaired) electrons. The van der Waals surface area contributed by atoms with Gasteiger partial charge in [0.1, 0.15) is 5.69 Å². The number of rotatable bonds is 3. The van der Waals surface area contributed by atoms with Gasteiger partial charge in [-0.3, -0.25) is 9.36 Å². The molecule has 1 amide bonds. The van der Waals surface area contributed by atoms with Gasteiger partial charge in [0.25, 0.3) is 11.9 Å². The second kappa shape index (κ2) is 6.74. The van der Waals surface area contributed by atoms with Gasteiger partial charge in [0.2, 0.25) is 5.65 Å². The highest BCUT2D eigenvalue weighted by Crippen LogP contribution is 2.27. The maximum absolute atomic E-state index is 12.7. The zero-order valence-corrected chi connectivity index (χ0v) is 14.7. The van der Waals surface area contributed by atoms with Crippen LogP contribution in [0.5, 0.6) is 6.01 Å². The summed E-state index contributed by atoms with van der Waals surface area (Å²) in [6.45, 7) is 3.46. The Morgan fingerprint density at radius 3 is 2.58 bits per heavy atom. The average Bonchev–Trinajstić information content (AvgIpc) is 3.03. The first-order valence-corrected chi connectivity index (χ1v) is 8.93. The van der Waals surface area contributed by atoms with Crippen molar-refractivity contribution in [3.8, 4) is 6.01 Å². The summed E-state index contributed by atoms with van der Waals surface area (Å²) >= 11 is 0. The van der Waals surface area contributed by atoms with Gasteiger partial charge in [0, 0.05) is 13.1 Å². The third-order valence-corrected chi connectivity index (χ3v) is 4.92. The Bertz CT molecular complexity index is 932. The standard InChI is InChI=1S/C19H21N5O2/c1-13(14-8-4-2-5-9-14)24-17-16(22-19(24)26)20-12-15(21-17)18(25)23-10-6-3-7-11-23/h2,4-5,8-9,12-13H,3,6-7,10-11H2,1H3,(H,20,22,26)/t13-/m0/s1. The van der Waals surface area contributed by atoms with Crippen molar-refractivity contribution in [3.63, 3.8) is 0 Å². The number of aromatic nitrogens is 4. The van der Waals surface area contributed by atoms with E-state index in [-0.39, 0.29) is 18.0 Å². The lowest BCUT2D eigenvalue weighted by Gasteiger charge is -2.26. The van der Waals surface area contributed by atoms with Gasteiger partial charge < -0.3 is 10.0 Å². The second-order valence-electron chi connectivity index (χ2n) is 6.62. The van der Waals surface area contributed by atoms with Crippen LogP contribution in [0, 0.1) is 0 Å². The van der Waals surface area contributed by atoms with Crippen LogP contribution in [-0.2, 0) is 0 Å². The number of carbonyl (C=O) groups is 1. The number of benzene rings is 1. The molecular weight excluding hydrogens is 330 g/mol. The van der Waals surface area contributed by atoms with E-state index < -0.39 is 0 Å². The summed E-state index contributed by atoms with van der Waals surface area (Å²) < 4.78 is 1.62. The first-order chi connectivity index (χ1) is 12.6. The molecule has 0 bridgehead atoms. The van der Waals surface area contributed by atoms with Gasteiger partial charge in [0.15, 0.2) is 5.65 Å². The molecule has 7 heteroatoms. The van der Waals surface area contributed by atoms with Gasteiger partial charge in [-0.25, -0.2) is 9.97 Å². The van der Waals surface area contributed by atoms with E-state index in [1.54, 1.807) is 4.57 Å². The van der Waals surface area contributed by atoms with Gasteiger partial charge in [-0.2, -0.15) is 4.98 Å². The van der Waals surface area contributed by atoms with Crippen molar-refractivity contribution in [2.45, 2.75) is 32.2 Å². The Hall–Kier alpha value is -2.96. The third-order valence-electron chi connectivity index (χ3n) is 4.92. The number of hydrogen-bond donors (Lipinski definition) is 1. The molecule has 7 nitrogen and oxygen atoms in total. The van der Waals surface area contributed by atoms with Gasteiger partial charge in [0.05, 0.1) is 12.2 Å². The summed E-state index contributed by atoms with van der Waals surface area (Å²) in [4.78, 5) is 27.4. The van der Waals surface area contributed by atoms with E-state index in [2.05, 4.69) is 15.0 Å². The number of likely N-dealkylation sites (tertiary alicyclic amines) is 1. The maximum atomic E-state index is 12.7.